The van der Waals surface area contributed by atoms with Gasteiger partial charge in [-0.15, -0.1) is 0 Å². The van der Waals surface area contributed by atoms with Gasteiger partial charge in [0, 0.05) is 24.9 Å². The van der Waals surface area contributed by atoms with Gasteiger partial charge in [-0.25, -0.2) is 4.39 Å². The molecule has 3 heteroatoms. The molecule has 1 saturated carbocycles. The highest BCUT2D eigenvalue weighted by Crippen LogP contribution is 2.40. The molecule has 0 bridgehead atoms. The molecule has 2 fully saturated rings. The number of rotatable bonds is 4. The van der Waals surface area contributed by atoms with Gasteiger partial charge >= 0.3 is 0 Å². The Morgan fingerprint density at radius 2 is 1.91 bits per heavy atom. The molecular weight excluding hydrogens is 287 g/mol. The summed E-state index contributed by atoms with van der Waals surface area (Å²) in [5.74, 6) is 0.788. The van der Waals surface area contributed by atoms with E-state index in [2.05, 4.69) is 35.2 Å². The zero-order valence-corrected chi connectivity index (χ0v) is 14.7. The smallest absolute Gasteiger partial charge is 0.119 e. The number of benzene rings is 1. The molecule has 1 aliphatic heterocycles. The summed E-state index contributed by atoms with van der Waals surface area (Å²) in [6.07, 6.45) is 2.83. The van der Waals surface area contributed by atoms with Crippen LogP contribution in [0.25, 0.3) is 0 Å². The first kappa shape index (κ1) is 17.9. The normalized spacial score (nSPS) is 27.7. The van der Waals surface area contributed by atoms with Gasteiger partial charge < -0.3 is 0 Å². The lowest BCUT2D eigenvalue weighted by Crippen LogP contribution is -2.47. The van der Waals surface area contributed by atoms with Crippen LogP contribution in [-0.2, 0) is 6.54 Å². The maximum Gasteiger partial charge on any atom is 0.119 e. The van der Waals surface area contributed by atoms with Crippen molar-refractivity contribution < 1.29 is 4.39 Å². The fourth-order valence-corrected chi connectivity index (χ4v) is 3.20. The lowest BCUT2D eigenvalue weighted by molar-refractivity contribution is 0.0186. The Balaban J connectivity index is 0.000000924. The van der Waals surface area contributed by atoms with Gasteiger partial charge in [0.2, 0.25) is 0 Å². The van der Waals surface area contributed by atoms with E-state index >= 15 is 0 Å². The number of nitriles is 1. The van der Waals surface area contributed by atoms with E-state index in [0.29, 0.717) is 13.0 Å². The predicted octanol–water partition coefficient (Wildman–Crippen LogP) is 5.05. The fraction of sp³-hybridized carbons (Fsp3) is 0.650. The van der Waals surface area contributed by atoms with Gasteiger partial charge in [0.25, 0.3) is 0 Å². The maximum absolute atomic E-state index is 14.4. The third-order valence-electron chi connectivity index (χ3n) is 5.09. The van der Waals surface area contributed by atoms with Crippen LogP contribution in [0.3, 0.4) is 0 Å². The van der Waals surface area contributed by atoms with E-state index in [0.717, 1.165) is 25.4 Å². The van der Waals surface area contributed by atoms with E-state index in [1.54, 1.807) is 0 Å². The molecule has 3 rings (SSSR count). The molecule has 0 amide bonds. The quantitative estimate of drug-likeness (QED) is 0.777. The summed E-state index contributed by atoms with van der Waals surface area (Å²) in [6.45, 7) is 8.04. The van der Waals surface area contributed by atoms with Crippen LogP contribution in [-0.4, -0.2) is 24.2 Å². The van der Waals surface area contributed by atoms with E-state index in [-0.39, 0.29) is 0 Å². The van der Waals surface area contributed by atoms with Gasteiger partial charge in [-0.05, 0) is 42.9 Å². The molecule has 0 radical (unpaired) electrons. The summed E-state index contributed by atoms with van der Waals surface area (Å²) in [6, 6.07) is 11.0. The standard InChI is InChI=1S/C18H23FN2.C2H6/c1-18(8-10-20)9-11-21(13-17(18)19)12-14-2-4-15(5-3-14)16-6-7-16;1-2/h2-5,16-17H,6-9,11-13H2,1H3;1-2H3. The second kappa shape index (κ2) is 7.93. The van der Waals surface area contributed by atoms with Crippen molar-refractivity contribution in [2.75, 3.05) is 13.1 Å². The van der Waals surface area contributed by atoms with Crippen LogP contribution in [0.15, 0.2) is 24.3 Å². The first-order valence-corrected chi connectivity index (χ1v) is 8.93. The van der Waals surface area contributed by atoms with E-state index in [4.69, 9.17) is 5.26 Å². The van der Waals surface area contributed by atoms with Crippen molar-refractivity contribution in [2.24, 2.45) is 5.41 Å². The number of halogens is 1. The molecule has 2 aliphatic rings. The molecule has 2 atom stereocenters. The van der Waals surface area contributed by atoms with E-state index in [1.165, 1.54) is 24.0 Å². The number of nitrogens with zero attached hydrogens (tertiary/aromatic N) is 2. The Kier molecular flexibility index (Phi) is 6.18. The Morgan fingerprint density at radius 3 is 2.43 bits per heavy atom. The third-order valence-corrected chi connectivity index (χ3v) is 5.09. The molecule has 1 aliphatic carbocycles. The summed E-state index contributed by atoms with van der Waals surface area (Å²) in [7, 11) is 0. The van der Waals surface area contributed by atoms with Crippen LogP contribution in [0.5, 0.6) is 0 Å². The van der Waals surface area contributed by atoms with E-state index in [1.807, 2.05) is 20.8 Å². The fourth-order valence-electron chi connectivity index (χ4n) is 3.20. The lowest BCUT2D eigenvalue weighted by Gasteiger charge is -2.41. The SMILES string of the molecule is CC.CC1(CC#N)CCN(Cc2ccc(C3CC3)cc2)CC1F. The molecule has 1 aromatic rings. The Morgan fingerprint density at radius 1 is 1.26 bits per heavy atom. The predicted molar refractivity (Wildman–Crippen MR) is 92.9 cm³/mol. The summed E-state index contributed by atoms with van der Waals surface area (Å²) in [5, 5.41) is 8.85. The third kappa shape index (κ3) is 4.54. The van der Waals surface area contributed by atoms with Crippen molar-refractivity contribution in [3.63, 3.8) is 0 Å². The summed E-state index contributed by atoms with van der Waals surface area (Å²) in [5.41, 5.74) is 2.25. The Labute approximate surface area is 140 Å². The summed E-state index contributed by atoms with van der Waals surface area (Å²) in [4.78, 5) is 2.18. The maximum atomic E-state index is 14.4. The summed E-state index contributed by atoms with van der Waals surface area (Å²) >= 11 is 0. The van der Waals surface area contributed by atoms with Crippen molar-refractivity contribution in [3.8, 4) is 6.07 Å². The number of hydrogen-bond donors (Lipinski definition) is 0. The second-order valence-electron chi connectivity index (χ2n) is 6.96. The first-order chi connectivity index (χ1) is 11.1. The van der Waals surface area contributed by atoms with E-state index < -0.39 is 11.6 Å². The minimum Gasteiger partial charge on any atom is -0.296 e. The molecule has 2 nitrogen and oxygen atoms in total. The molecule has 0 spiro atoms. The minimum atomic E-state index is -0.906. The van der Waals surface area contributed by atoms with Crippen LogP contribution in [0.1, 0.15) is 63.5 Å². The highest BCUT2D eigenvalue weighted by atomic mass is 19.1. The van der Waals surface area contributed by atoms with Crippen LogP contribution < -0.4 is 0 Å². The second-order valence-corrected chi connectivity index (χ2v) is 6.96. The zero-order valence-electron chi connectivity index (χ0n) is 14.7. The number of alkyl halides is 1. The van der Waals surface area contributed by atoms with Gasteiger partial charge in [-0.2, -0.15) is 5.26 Å². The zero-order chi connectivity index (χ0) is 16.9. The molecule has 2 unspecified atom stereocenters. The monoisotopic (exact) mass is 316 g/mol. The number of likely N-dealkylation sites (tertiary alicyclic amines) is 1. The highest BCUT2D eigenvalue weighted by Gasteiger charge is 2.39. The van der Waals surface area contributed by atoms with Gasteiger partial charge in [0.1, 0.15) is 6.17 Å². The van der Waals surface area contributed by atoms with Gasteiger partial charge in [-0.3, -0.25) is 4.90 Å². The number of hydrogen-bond acceptors (Lipinski definition) is 2. The molecule has 126 valence electrons. The van der Waals surface area contributed by atoms with Crippen molar-refractivity contribution in [1.82, 2.24) is 4.90 Å². The van der Waals surface area contributed by atoms with Crippen molar-refractivity contribution in [1.29, 1.82) is 5.26 Å². The molecule has 1 aromatic carbocycles. The molecule has 23 heavy (non-hydrogen) atoms. The van der Waals surface area contributed by atoms with Crippen molar-refractivity contribution >= 4 is 0 Å². The Hall–Kier alpha value is -1.40. The van der Waals surface area contributed by atoms with Crippen molar-refractivity contribution in [2.45, 2.75) is 65.1 Å². The highest BCUT2D eigenvalue weighted by molar-refractivity contribution is 5.28. The molecule has 1 heterocycles. The van der Waals surface area contributed by atoms with Crippen LogP contribution >= 0.6 is 0 Å². The van der Waals surface area contributed by atoms with Crippen molar-refractivity contribution in [3.05, 3.63) is 35.4 Å². The number of piperidine rings is 1. The first-order valence-electron chi connectivity index (χ1n) is 8.93. The molecule has 0 aromatic heterocycles. The van der Waals surface area contributed by atoms with Crippen LogP contribution in [0.4, 0.5) is 4.39 Å². The average Bonchev–Trinajstić information content (AvgIpc) is 3.39. The van der Waals surface area contributed by atoms with Crippen LogP contribution in [0.2, 0.25) is 0 Å². The van der Waals surface area contributed by atoms with Gasteiger partial charge in [0.15, 0.2) is 0 Å². The lowest BCUT2D eigenvalue weighted by atomic mass is 9.76. The molecule has 1 saturated heterocycles. The van der Waals surface area contributed by atoms with Crippen LogP contribution in [0, 0.1) is 16.7 Å². The molecular formula is C20H29FN2. The average molecular weight is 316 g/mol. The summed E-state index contributed by atoms with van der Waals surface area (Å²) < 4.78 is 14.4. The van der Waals surface area contributed by atoms with Gasteiger partial charge in [0.05, 0.1) is 6.07 Å². The van der Waals surface area contributed by atoms with Gasteiger partial charge in [-0.1, -0.05) is 45.0 Å². The molecule has 0 N–H and O–H groups in total. The minimum absolute atomic E-state index is 0.318. The topological polar surface area (TPSA) is 27.0 Å². The van der Waals surface area contributed by atoms with E-state index in [9.17, 15) is 4.39 Å². The largest absolute Gasteiger partial charge is 0.296 e. The Bertz CT molecular complexity index is 530.